The minimum atomic E-state index is -1.03. The molecular weight excluding hydrogens is 420 g/mol. The number of phenols is 1. The zero-order chi connectivity index (χ0) is 23.6. The number of fused-ring (bicyclic) bond motifs is 1. The Morgan fingerprint density at radius 3 is 2.48 bits per heavy atom. The molecule has 1 saturated carbocycles. The van der Waals surface area contributed by atoms with E-state index in [-0.39, 0.29) is 42.4 Å². The predicted octanol–water partition coefficient (Wildman–Crippen LogP) is 3.38. The summed E-state index contributed by atoms with van der Waals surface area (Å²) in [5.41, 5.74) is 1.34. The Balaban J connectivity index is 1.34. The Bertz CT molecular complexity index is 1030. The van der Waals surface area contributed by atoms with Crippen LogP contribution in [0.2, 0.25) is 0 Å². The number of phenolic OH excluding ortho intramolecular Hbond substituents is 1. The second kappa shape index (κ2) is 9.35. The summed E-state index contributed by atoms with van der Waals surface area (Å²) in [6.07, 6.45) is 0.963. The van der Waals surface area contributed by atoms with Crippen LogP contribution in [0.5, 0.6) is 5.75 Å². The fourth-order valence-corrected chi connectivity index (χ4v) is 4.71. The Kier molecular flexibility index (Phi) is 6.51. The average molecular weight is 451 g/mol. The van der Waals surface area contributed by atoms with Crippen LogP contribution in [-0.4, -0.2) is 40.9 Å². The first-order valence-corrected chi connectivity index (χ1v) is 11.5. The molecule has 2 aromatic rings. The maximum atomic E-state index is 13.3. The molecule has 2 aliphatic rings. The number of nitrogens with one attached hydrogen (secondary N) is 2. The maximum Gasteiger partial charge on any atom is 0.251 e. The number of carbonyl (C=O) groups excluding carboxylic acids is 3. The molecule has 1 saturated heterocycles. The number of ether oxygens (including phenoxy) is 1. The van der Waals surface area contributed by atoms with Gasteiger partial charge in [-0.1, -0.05) is 38.1 Å². The van der Waals surface area contributed by atoms with Crippen LogP contribution in [0.25, 0.3) is 0 Å². The lowest BCUT2D eigenvalue weighted by Crippen LogP contribution is -2.56. The second-order valence-corrected chi connectivity index (χ2v) is 9.15. The van der Waals surface area contributed by atoms with Crippen molar-refractivity contribution in [3.05, 3.63) is 65.2 Å². The summed E-state index contributed by atoms with van der Waals surface area (Å²) < 4.78 is 6.04. The monoisotopic (exact) mass is 450 g/mol. The molecule has 2 fully saturated rings. The molecule has 7 nitrogen and oxygen atoms in total. The SMILES string of the molecule is CC(C)c1ccc(C(=O)NCCC(=O)NC23CCCC2OC(c2ccc(O)cc2)C3=O)cc1. The van der Waals surface area contributed by atoms with Gasteiger partial charge in [0.2, 0.25) is 5.91 Å². The summed E-state index contributed by atoms with van der Waals surface area (Å²) in [5.74, 6) is -0.174. The van der Waals surface area contributed by atoms with Crippen molar-refractivity contribution < 1.29 is 24.2 Å². The van der Waals surface area contributed by atoms with Crippen molar-refractivity contribution in [2.45, 2.75) is 63.2 Å². The largest absolute Gasteiger partial charge is 0.508 e. The maximum absolute atomic E-state index is 13.3. The fourth-order valence-electron chi connectivity index (χ4n) is 4.71. The fraction of sp³-hybridized carbons (Fsp3) is 0.423. The molecular formula is C26H30N2O5. The quantitative estimate of drug-likeness (QED) is 0.600. The van der Waals surface area contributed by atoms with E-state index in [0.29, 0.717) is 29.9 Å². The Hall–Kier alpha value is -3.19. The van der Waals surface area contributed by atoms with Crippen LogP contribution in [-0.2, 0) is 14.3 Å². The minimum absolute atomic E-state index is 0.0709. The van der Waals surface area contributed by atoms with Crippen LogP contribution < -0.4 is 10.6 Å². The number of benzene rings is 2. The molecule has 174 valence electrons. The molecule has 0 bridgehead atoms. The van der Waals surface area contributed by atoms with E-state index >= 15 is 0 Å². The highest BCUT2D eigenvalue weighted by Gasteiger charge is 2.59. The van der Waals surface area contributed by atoms with Crippen molar-refractivity contribution in [2.24, 2.45) is 0 Å². The number of aromatic hydroxyl groups is 1. The van der Waals surface area contributed by atoms with E-state index < -0.39 is 11.6 Å². The van der Waals surface area contributed by atoms with Gasteiger partial charge in [-0.2, -0.15) is 0 Å². The van der Waals surface area contributed by atoms with Crippen LogP contribution in [0.15, 0.2) is 48.5 Å². The molecule has 3 unspecified atom stereocenters. The summed E-state index contributed by atoms with van der Waals surface area (Å²) in [7, 11) is 0. The molecule has 1 heterocycles. The van der Waals surface area contributed by atoms with Crippen LogP contribution in [0.1, 0.15) is 73.0 Å². The molecule has 3 N–H and O–H groups in total. The van der Waals surface area contributed by atoms with Crippen LogP contribution in [0.3, 0.4) is 0 Å². The number of amides is 2. The lowest BCUT2D eigenvalue weighted by molar-refractivity contribution is -0.131. The molecule has 0 radical (unpaired) electrons. The van der Waals surface area contributed by atoms with Gasteiger partial charge in [0.25, 0.3) is 5.91 Å². The van der Waals surface area contributed by atoms with Gasteiger partial charge in [0, 0.05) is 18.5 Å². The van der Waals surface area contributed by atoms with Gasteiger partial charge in [0.15, 0.2) is 5.78 Å². The molecule has 7 heteroatoms. The van der Waals surface area contributed by atoms with Gasteiger partial charge in [-0.05, 0) is 60.6 Å². The number of Topliss-reactive ketones (excluding diaryl/α,β-unsaturated/α-hetero) is 1. The number of ketones is 1. The molecule has 4 rings (SSSR count). The molecule has 3 atom stereocenters. The third-order valence-corrected chi connectivity index (χ3v) is 6.60. The number of carbonyl (C=O) groups is 3. The topological polar surface area (TPSA) is 105 Å². The van der Waals surface area contributed by atoms with Crippen LogP contribution in [0, 0.1) is 0 Å². The Labute approximate surface area is 193 Å². The summed E-state index contributed by atoms with van der Waals surface area (Å²) in [5, 5.41) is 15.2. The van der Waals surface area contributed by atoms with Gasteiger partial charge in [-0.25, -0.2) is 0 Å². The molecule has 33 heavy (non-hydrogen) atoms. The molecule has 0 spiro atoms. The number of rotatable bonds is 7. The lowest BCUT2D eigenvalue weighted by Gasteiger charge is -2.27. The third-order valence-electron chi connectivity index (χ3n) is 6.60. The summed E-state index contributed by atoms with van der Waals surface area (Å²) in [4.78, 5) is 38.4. The highest BCUT2D eigenvalue weighted by Crippen LogP contribution is 2.45. The van der Waals surface area contributed by atoms with E-state index in [0.717, 1.165) is 12.0 Å². The van der Waals surface area contributed by atoms with Crippen LogP contribution >= 0.6 is 0 Å². The van der Waals surface area contributed by atoms with Crippen molar-refractivity contribution in [1.29, 1.82) is 0 Å². The minimum Gasteiger partial charge on any atom is -0.508 e. The van der Waals surface area contributed by atoms with Crippen molar-refractivity contribution in [3.63, 3.8) is 0 Å². The van der Waals surface area contributed by atoms with E-state index in [1.807, 2.05) is 12.1 Å². The van der Waals surface area contributed by atoms with Gasteiger partial charge < -0.3 is 20.5 Å². The van der Waals surface area contributed by atoms with Gasteiger partial charge in [-0.15, -0.1) is 0 Å². The van der Waals surface area contributed by atoms with Crippen molar-refractivity contribution in [2.75, 3.05) is 6.54 Å². The van der Waals surface area contributed by atoms with Gasteiger partial charge in [-0.3, -0.25) is 14.4 Å². The van der Waals surface area contributed by atoms with Crippen molar-refractivity contribution in [1.82, 2.24) is 10.6 Å². The first kappa shape index (κ1) is 23.0. The molecule has 1 aliphatic heterocycles. The summed E-state index contributed by atoms with van der Waals surface area (Å²) in [6.45, 7) is 4.36. The smallest absolute Gasteiger partial charge is 0.251 e. The van der Waals surface area contributed by atoms with Gasteiger partial charge in [0.05, 0.1) is 6.10 Å². The zero-order valence-electron chi connectivity index (χ0n) is 19.0. The van der Waals surface area contributed by atoms with E-state index in [1.165, 1.54) is 12.1 Å². The second-order valence-electron chi connectivity index (χ2n) is 9.15. The van der Waals surface area contributed by atoms with E-state index in [9.17, 15) is 19.5 Å². The van der Waals surface area contributed by atoms with E-state index in [1.54, 1.807) is 24.3 Å². The van der Waals surface area contributed by atoms with Crippen LogP contribution in [0.4, 0.5) is 0 Å². The standard InChI is InChI=1S/C26H30N2O5/c1-16(2)17-5-7-19(8-6-17)25(32)27-15-13-22(30)28-26-14-3-4-21(26)33-23(24(26)31)18-9-11-20(29)12-10-18/h5-12,16,21,23,29H,3-4,13-15H2,1-2H3,(H,27,32)(H,28,30). The Morgan fingerprint density at radius 2 is 1.82 bits per heavy atom. The highest BCUT2D eigenvalue weighted by atomic mass is 16.5. The molecule has 2 amide bonds. The summed E-state index contributed by atoms with van der Waals surface area (Å²) >= 11 is 0. The highest BCUT2D eigenvalue weighted by molar-refractivity contribution is 5.99. The first-order valence-electron chi connectivity index (χ1n) is 11.5. The third kappa shape index (κ3) is 4.64. The van der Waals surface area contributed by atoms with Gasteiger partial charge >= 0.3 is 0 Å². The van der Waals surface area contributed by atoms with Crippen molar-refractivity contribution in [3.8, 4) is 5.75 Å². The number of hydrogen-bond acceptors (Lipinski definition) is 5. The average Bonchev–Trinajstić information content (AvgIpc) is 3.31. The number of hydrogen-bond donors (Lipinski definition) is 3. The van der Waals surface area contributed by atoms with E-state index in [2.05, 4.69) is 24.5 Å². The molecule has 0 aromatic heterocycles. The summed E-state index contributed by atoms with van der Waals surface area (Å²) in [6, 6.07) is 13.8. The van der Waals surface area contributed by atoms with E-state index in [4.69, 9.17) is 4.74 Å². The lowest BCUT2D eigenvalue weighted by atomic mass is 9.87. The zero-order valence-corrected chi connectivity index (χ0v) is 19.0. The predicted molar refractivity (Wildman–Crippen MR) is 123 cm³/mol. The molecule has 1 aliphatic carbocycles. The Morgan fingerprint density at radius 1 is 1.12 bits per heavy atom. The normalized spacial score (nSPS) is 24.0. The van der Waals surface area contributed by atoms with Crippen molar-refractivity contribution >= 4 is 17.6 Å². The first-order chi connectivity index (χ1) is 15.8. The van der Waals surface area contributed by atoms with Gasteiger partial charge in [0.1, 0.15) is 17.4 Å². The molecule has 2 aromatic carbocycles.